The molecule has 1 fully saturated rings. The number of sulfonamides is 1. The minimum atomic E-state index is -3.56. The number of carbonyl (C=O) groups is 1. The Morgan fingerprint density at radius 1 is 1.11 bits per heavy atom. The highest BCUT2D eigenvalue weighted by Gasteiger charge is 2.28. The van der Waals surface area contributed by atoms with Crippen molar-refractivity contribution in [2.45, 2.75) is 30.3 Å². The third-order valence-corrected chi connectivity index (χ3v) is 5.90. The highest BCUT2D eigenvalue weighted by molar-refractivity contribution is 7.89. The maximum Gasteiger partial charge on any atom is 0.251 e. The zero-order chi connectivity index (χ0) is 19.3. The number of hydrogen-bond donors (Lipinski definition) is 2. The van der Waals surface area contributed by atoms with E-state index in [1.54, 1.807) is 12.1 Å². The molecular formula is C20H25N3O3S. The van der Waals surface area contributed by atoms with Crippen LogP contribution in [-0.2, 0) is 16.6 Å². The van der Waals surface area contributed by atoms with Gasteiger partial charge in [0.05, 0.1) is 4.90 Å². The Morgan fingerprint density at radius 2 is 1.85 bits per heavy atom. The Labute approximate surface area is 160 Å². The molecule has 0 aromatic heterocycles. The average Bonchev–Trinajstić information content (AvgIpc) is 3.46. The van der Waals surface area contributed by atoms with E-state index in [0.29, 0.717) is 18.7 Å². The minimum absolute atomic E-state index is 0.0348. The molecule has 6 nitrogen and oxygen atoms in total. The van der Waals surface area contributed by atoms with Crippen molar-refractivity contribution in [3.8, 4) is 0 Å². The number of carbonyl (C=O) groups excluding carboxylic acids is 1. The highest BCUT2D eigenvalue weighted by Crippen LogP contribution is 2.22. The molecule has 1 amide bonds. The summed E-state index contributed by atoms with van der Waals surface area (Å²) in [5, 5.41) is 2.85. The Kier molecular flexibility index (Phi) is 6.26. The van der Waals surface area contributed by atoms with Gasteiger partial charge in [-0.2, -0.15) is 0 Å². The lowest BCUT2D eigenvalue weighted by molar-refractivity contribution is 0.0949. The van der Waals surface area contributed by atoms with Gasteiger partial charge in [-0.05, 0) is 43.7 Å². The van der Waals surface area contributed by atoms with Gasteiger partial charge in [-0.3, -0.25) is 4.79 Å². The van der Waals surface area contributed by atoms with E-state index < -0.39 is 10.0 Å². The summed E-state index contributed by atoms with van der Waals surface area (Å²) in [6, 6.07) is 16.3. The molecule has 1 aliphatic carbocycles. The fourth-order valence-corrected chi connectivity index (χ4v) is 4.08. The van der Waals surface area contributed by atoms with E-state index in [0.717, 1.165) is 19.4 Å². The highest BCUT2D eigenvalue weighted by atomic mass is 32.2. The Morgan fingerprint density at radius 3 is 2.56 bits per heavy atom. The molecule has 0 bridgehead atoms. The van der Waals surface area contributed by atoms with Gasteiger partial charge in [-0.1, -0.05) is 36.4 Å². The van der Waals surface area contributed by atoms with Gasteiger partial charge in [0, 0.05) is 31.2 Å². The first kappa shape index (κ1) is 19.5. The van der Waals surface area contributed by atoms with Crippen LogP contribution in [0, 0.1) is 0 Å². The van der Waals surface area contributed by atoms with E-state index in [1.807, 2.05) is 25.2 Å². The first-order chi connectivity index (χ1) is 12.9. The number of benzene rings is 2. The lowest BCUT2D eigenvalue weighted by Gasteiger charge is -2.17. The Hall–Kier alpha value is -2.22. The summed E-state index contributed by atoms with van der Waals surface area (Å²) in [6.07, 6.45) is 1.74. The van der Waals surface area contributed by atoms with Gasteiger partial charge in [-0.25, -0.2) is 13.1 Å². The third kappa shape index (κ3) is 5.89. The zero-order valence-corrected chi connectivity index (χ0v) is 16.2. The van der Waals surface area contributed by atoms with Crippen LogP contribution in [0.25, 0.3) is 0 Å². The van der Waals surface area contributed by atoms with E-state index in [4.69, 9.17) is 0 Å². The number of amides is 1. The van der Waals surface area contributed by atoms with Crippen molar-refractivity contribution in [1.29, 1.82) is 0 Å². The van der Waals surface area contributed by atoms with Gasteiger partial charge in [-0.15, -0.1) is 0 Å². The molecule has 2 aromatic rings. The third-order valence-electron chi connectivity index (χ3n) is 4.38. The Bertz CT molecular complexity index is 880. The summed E-state index contributed by atoms with van der Waals surface area (Å²) in [4.78, 5) is 14.6. The summed E-state index contributed by atoms with van der Waals surface area (Å²) in [5.41, 5.74) is 1.56. The van der Waals surface area contributed by atoms with E-state index in [1.165, 1.54) is 17.7 Å². The molecule has 0 saturated heterocycles. The molecule has 1 saturated carbocycles. The summed E-state index contributed by atoms with van der Waals surface area (Å²) >= 11 is 0. The van der Waals surface area contributed by atoms with Gasteiger partial charge in [0.1, 0.15) is 0 Å². The molecule has 3 rings (SSSR count). The van der Waals surface area contributed by atoms with Crippen LogP contribution in [0.2, 0.25) is 0 Å². The fourth-order valence-electron chi connectivity index (χ4n) is 2.73. The normalized spacial score (nSPS) is 14.3. The van der Waals surface area contributed by atoms with Crippen molar-refractivity contribution < 1.29 is 13.2 Å². The van der Waals surface area contributed by atoms with Crippen LogP contribution in [0.15, 0.2) is 59.5 Å². The standard InChI is InChI=1S/C20H25N3O3S/c1-23(15-16-6-3-2-4-7-16)13-12-21-20(24)17-8-5-9-19(14-17)27(25,26)22-18-10-11-18/h2-9,14,18,22H,10-13,15H2,1H3,(H,21,24). The molecule has 0 unspecified atom stereocenters. The van der Waals surface area contributed by atoms with Gasteiger partial charge in [0.25, 0.3) is 5.91 Å². The average molecular weight is 388 g/mol. The molecule has 2 N–H and O–H groups in total. The van der Waals surface area contributed by atoms with Gasteiger partial charge < -0.3 is 10.2 Å². The number of nitrogens with zero attached hydrogens (tertiary/aromatic N) is 1. The summed E-state index contributed by atoms with van der Waals surface area (Å²) in [6.45, 7) is 1.98. The molecule has 2 aromatic carbocycles. The van der Waals surface area contributed by atoms with Crippen LogP contribution < -0.4 is 10.0 Å². The number of nitrogens with one attached hydrogen (secondary N) is 2. The second-order valence-electron chi connectivity index (χ2n) is 6.90. The van der Waals surface area contributed by atoms with Crippen LogP contribution >= 0.6 is 0 Å². The van der Waals surface area contributed by atoms with Crippen molar-refractivity contribution in [1.82, 2.24) is 14.9 Å². The van der Waals surface area contributed by atoms with Gasteiger partial charge in [0.15, 0.2) is 0 Å². The molecule has 0 spiro atoms. The molecule has 1 aliphatic rings. The first-order valence-electron chi connectivity index (χ1n) is 9.07. The number of rotatable bonds is 9. The SMILES string of the molecule is CN(CCNC(=O)c1cccc(S(=O)(=O)NC2CC2)c1)Cc1ccccc1. The van der Waals surface area contributed by atoms with E-state index in [2.05, 4.69) is 27.1 Å². The van der Waals surface area contributed by atoms with E-state index in [-0.39, 0.29) is 16.8 Å². The van der Waals surface area contributed by atoms with Crippen molar-refractivity contribution in [2.24, 2.45) is 0 Å². The van der Waals surface area contributed by atoms with E-state index in [9.17, 15) is 13.2 Å². The predicted octanol–water partition coefficient (Wildman–Crippen LogP) is 1.99. The molecule has 144 valence electrons. The molecule has 0 aliphatic heterocycles. The van der Waals surface area contributed by atoms with Gasteiger partial charge in [0.2, 0.25) is 10.0 Å². The first-order valence-corrected chi connectivity index (χ1v) is 10.6. The quantitative estimate of drug-likeness (QED) is 0.690. The largest absolute Gasteiger partial charge is 0.351 e. The Balaban J connectivity index is 1.51. The fraction of sp³-hybridized carbons (Fsp3) is 0.350. The smallest absolute Gasteiger partial charge is 0.251 e. The lowest BCUT2D eigenvalue weighted by atomic mass is 10.2. The van der Waals surface area contributed by atoms with Crippen LogP contribution in [0.5, 0.6) is 0 Å². The lowest BCUT2D eigenvalue weighted by Crippen LogP contribution is -2.33. The molecule has 0 radical (unpaired) electrons. The predicted molar refractivity (Wildman–Crippen MR) is 105 cm³/mol. The summed E-state index contributed by atoms with van der Waals surface area (Å²) in [5.74, 6) is -0.272. The van der Waals surface area contributed by atoms with E-state index >= 15 is 0 Å². The number of likely N-dealkylation sites (N-methyl/N-ethyl adjacent to an activating group) is 1. The van der Waals surface area contributed by atoms with Crippen molar-refractivity contribution in [3.63, 3.8) is 0 Å². The maximum atomic E-state index is 12.4. The summed E-state index contributed by atoms with van der Waals surface area (Å²) in [7, 11) is -1.56. The van der Waals surface area contributed by atoms with Crippen LogP contribution in [0.4, 0.5) is 0 Å². The maximum absolute atomic E-state index is 12.4. The van der Waals surface area contributed by atoms with Crippen molar-refractivity contribution in [2.75, 3.05) is 20.1 Å². The molecule has 7 heteroatoms. The molecule has 27 heavy (non-hydrogen) atoms. The molecular weight excluding hydrogens is 362 g/mol. The monoisotopic (exact) mass is 387 g/mol. The second kappa shape index (κ2) is 8.65. The van der Waals surface area contributed by atoms with Crippen LogP contribution in [0.3, 0.4) is 0 Å². The number of hydrogen-bond acceptors (Lipinski definition) is 4. The molecule has 0 heterocycles. The van der Waals surface area contributed by atoms with Crippen molar-refractivity contribution >= 4 is 15.9 Å². The topological polar surface area (TPSA) is 78.5 Å². The molecule has 0 atom stereocenters. The minimum Gasteiger partial charge on any atom is -0.351 e. The summed E-state index contributed by atoms with van der Waals surface area (Å²) < 4.78 is 27.2. The van der Waals surface area contributed by atoms with Gasteiger partial charge >= 0.3 is 0 Å². The second-order valence-corrected chi connectivity index (χ2v) is 8.62. The zero-order valence-electron chi connectivity index (χ0n) is 15.4. The van der Waals surface area contributed by atoms with Crippen molar-refractivity contribution in [3.05, 3.63) is 65.7 Å². The van der Waals surface area contributed by atoms with Crippen LogP contribution in [-0.4, -0.2) is 45.4 Å². The van der Waals surface area contributed by atoms with Crippen LogP contribution in [0.1, 0.15) is 28.8 Å².